The molecule has 0 unspecified atom stereocenters. The fourth-order valence-corrected chi connectivity index (χ4v) is 7.08. The molecule has 0 N–H and O–H groups in total. The Bertz CT molecular complexity index is 2580. The second-order valence-corrected chi connectivity index (χ2v) is 13.4. The molecule has 1 radical (unpaired) electrons. The van der Waals surface area contributed by atoms with Crippen molar-refractivity contribution in [1.29, 1.82) is 0 Å². The van der Waals surface area contributed by atoms with Crippen molar-refractivity contribution in [2.24, 2.45) is 36.1 Å². The van der Waals surface area contributed by atoms with Crippen LogP contribution in [0.15, 0.2) is 190 Å². The van der Waals surface area contributed by atoms with Gasteiger partial charge in [0.05, 0.1) is 39.8 Å². The topological polar surface area (TPSA) is 66.1 Å². The van der Waals surface area contributed by atoms with E-state index >= 15 is 0 Å². The average Bonchev–Trinajstić information content (AvgIpc) is 3.98. The van der Waals surface area contributed by atoms with Gasteiger partial charge in [0, 0.05) is 60.4 Å². The molecular formula is C44H36MnN8+4. The first kappa shape index (κ1) is 33.8. The summed E-state index contributed by atoms with van der Waals surface area (Å²) in [6.45, 7) is 0. The van der Waals surface area contributed by atoms with Crippen molar-refractivity contribution in [1.82, 2.24) is 9.88 Å². The molecule has 0 saturated carbocycles. The molecule has 0 atom stereocenters. The van der Waals surface area contributed by atoms with Gasteiger partial charge in [-0.3, -0.25) is 0 Å². The molecule has 0 aliphatic carbocycles. The number of aliphatic imine (C=N–C) groups is 3. The van der Waals surface area contributed by atoms with Crippen LogP contribution in [-0.2, 0) is 38.2 Å². The first-order valence-electron chi connectivity index (χ1n) is 17.3. The number of rotatable bonds is 3. The van der Waals surface area contributed by atoms with Gasteiger partial charge in [-0.2, -0.15) is 0 Å². The number of aromatic nitrogens is 4. The van der Waals surface area contributed by atoms with Crippen molar-refractivity contribution < 1.29 is 30.8 Å². The van der Waals surface area contributed by atoms with Crippen molar-refractivity contribution >= 4 is 33.9 Å². The van der Waals surface area contributed by atoms with Crippen LogP contribution in [0.5, 0.6) is 0 Å². The summed E-state index contributed by atoms with van der Waals surface area (Å²) in [6, 6.07) is 16.8. The molecule has 4 aromatic rings. The third kappa shape index (κ3) is 6.31. The minimum Gasteiger partial charge on any atom is -0.657 e. The molecule has 0 saturated heterocycles. The smallest absolute Gasteiger partial charge is 0.657 e. The van der Waals surface area contributed by atoms with Gasteiger partial charge in [0.15, 0.2) is 37.2 Å². The van der Waals surface area contributed by atoms with Crippen LogP contribution < -0.4 is 18.7 Å². The molecule has 9 rings (SSSR count). The van der Waals surface area contributed by atoms with Gasteiger partial charge in [0.1, 0.15) is 21.1 Å². The predicted molar refractivity (Wildman–Crippen MR) is 204 cm³/mol. The van der Waals surface area contributed by atoms with E-state index in [1.54, 1.807) is 0 Å². The monoisotopic (exact) mass is 731 g/mol. The number of fused-ring (bicyclic) bond motifs is 5. The SMILES string of the molecule is CN1C=CC(=C2C3=NC(=C(c4ccc[n+](C)c4)C4=NC(=C(c5cc[n+](C)cc5)c5ccc([n-]5)C(c5ccc[n+](C)c5)=C5C=CC2=N5)C=C4)C=C3)C=C1.[Mn+2]. The maximum Gasteiger partial charge on any atom is 2.00 e. The summed E-state index contributed by atoms with van der Waals surface area (Å²) in [5, 5.41) is 0. The Morgan fingerprint density at radius 3 is 1.49 bits per heavy atom. The number of pyridine rings is 3. The largest absolute Gasteiger partial charge is 2.00 e. The van der Waals surface area contributed by atoms with Crippen LogP contribution >= 0.6 is 0 Å². The Morgan fingerprint density at radius 2 is 0.962 bits per heavy atom. The Kier molecular flexibility index (Phi) is 8.74. The summed E-state index contributed by atoms with van der Waals surface area (Å²) in [7, 11) is 8.12. The van der Waals surface area contributed by atoms with E-state index in [-0.39, 0.29) is 17.1 Å². The summed E-state index contributed by atoms with van der Waals surface area (Å²) in [6.07, 6.45) is 33.4. The normalized spacial score (nSPS) is 17.3. The molecule has 0 fully saturated rings. The number of nitrogens with zero attached hydrogens (tertiary/aromatic N) is 8. The van der Waals surface area contributed by atoms with E-state index in [9.17, 15) is 0 Å². The van der Waals surface area contributed by atoms with E-state index in [2.05, 4.69) is 143 Å². The minimum absolute atomic E-state index is 0. The van der Waals surface area contributed by atoms with Crippen LogP contribution in [0.25, 0.3) is 16.7 Å². The van der Waals surface area contributed by atoms with E-state index in [0.717, 1.165) is 90.2 Å². The molecule has 8 bridgehead atoms. The molecule has 5 aliphatic rings. The zero-order valence-electron chi connectivity index (χ0n) is 29.8. The molecule has 5 aliphatic heterocycles. The molecule has 4 aromatic heterocycles. The summed E-state index contributed by atoms with van der Waals surface area (Å²) in [4.78, 5) is 23.5. The van der Waals surface area contributed by atoms with E-state index in [0.29, 0.717) is 0 Å². The van der Waals surface area contributed by atoms with Crippen LogP contribution in [0.2, 0.25) is 0 Å². The van der Waals surface area contributed by atoms with Gasteiger partial charge < -0.3 is 9.88 Å². The van der Waals surface area contributed by atoms with Crippen LogP contribution in [0, 0.1) is 0 Å². The first-order chi connectivity index (χ1) is 25.4. The second kappa shape index (κ2) is 13.7. The minimum atomic E-state index is 0. The Labute approximate surface area is 319 Å². The van der Waals surface area contributed by atoms with Gasteiger partial charge in [-0.25, -0.2) is 28.7 Å². The van der Waals surface area contributed by atoms with Crippen molar-refractivity contribution in [3.05, 3.63) is 203 Å². The van der Waals surface area contributed by atoms with Gasteiger partial charge in [-0.1, -0.05) is 12.1 Å². The van der Waals surface area contributed by atoms with Crippen molar-refractivity contribution in [2.45, 2.75) is 0 Å². The third-order valence-electron chi connectivity index (χ3n) is 9.60. The third-order valence-corrected chi connectivity index (χ3v) is 9.60. The molecular weight excluding hydrogens is 695 g/mol. The molecule has 9 heterocycles. The van der Waals surface area contributed by atoms with Crippen LogP contribution in [-0.4, -0.2) is 29.1 Å². The number of aryl methyl sites for hydroxylation is 3. The Hall–Kier alpha value is -6.28. The number of hydrogen-bond acceptors (Lipinski definition) is 4. The van der Waals surface area contributed by atoms with Crippen LogP contribution in [0.3, 0.4) is 0 Å². The van der Waals surface area contributed by atoms with Crippen LogP contribution in [0.4, 0.5) is 0 Å². The van der Waals surface area contributed by atoms with Crippen molar-refractivity contribution in [3.63, 3.8) is 0 Å². The van der Waals surface area contributed by atoms with E-state index in [4.69, 9.17) is 20.0 Å². The Morgan fingerprint density at radius 1 is 0.491 bits per heavy atom. The summed E-state index contributed by atoms with van der Waals surface area (Å²) in [5.74, 6) is 0. The zero-order valence-corrected chi connectivity index (χ0v) is 31.0. The molecule has 53 heavy (non-hydrogen) atoms. The fourth-order valence-electron chi connectivity index (χ4n) is 7.08. The summed E-state index contributed by atoms with van der Waals surface area (Å²) >= 11 is 0. The van der Waals surface area contributed by atoms with E-state index < -0.39 is 0 Å². The van der Waals surface area contributed by atoms with Gasteiger partial charge in [0.25, 0.3) is 0 Å². The van der Waals surface area contributed by atoms with Gasteiger partial charge in [0.2, 0.25) is 0 Å². The molecule has 0 amide bonds. The summed E-state index contributed by atoms with van der Waals surface area (Å²) < 4.78 is 6.15. The fraction of sp³-hybridized carbons (Fsp3) is 0.0909. The van der Waals surface area contributed by atoms with Crippen molar-refractivity contribution in [3.8, 4) is 0 Å². The molecule has 0 aromatic carbocycles. The van der Waals surface area contributed by atoms with Crippen LogP contribution in [0.1, 0.15) is 28.1 Å². The van der Waals surface area contributed by atoms with Gasteiger partial charge in [-0.05, 0) is 83.0 Å². The standard InChI is InChI=1S/C44H36N8.Mn/c1-49-23-17-29(18-24-49)41-33-9-13-37(45-33)43(31-7-5-21-51(3)27-31)39-15-11-35(47-39)42(30-19-25-50(2)26-20-30)36-12-16-40(48-36)44(38-14-10-34(41)46-38)32-8-6-22-52(4)28-32;/h5-28H,1-4H3;/q2*+2. The Balaban J connectivity index is 0.00000400. The number of allylic oxidation sites excluding steroid dienone is 11. The molecule has 0 spiro atoms. The van der Waals surface area contributed by atoms with Gasteiger partial charge >= 0.3 is 17.1 Å². The average molecular weight is 732 g/mol. The maximum absolute atomic E-state index is 5.36. The second-order valence-electron chi connectivity index (χ2n) is 13.4. The quantitative estimate of drug-likeness (QED) is 0.211. The molecule has 255 valence electrons. The molecule has 9 heteroatoms. The van der Waals surface area contributed by atoms with Crippen molar-refractivity contribution in [2.75, 3.05) is 7.05 Å². The van der Waals surface area contributed by atoms with Gasteiger partial charge in [-0.15, -0.1) is 11.4 Å². The van der Waals surface area contributed by atoms with E-state index in [1.807, 2.05) is 50.1 Å². The maximum atomic E-state index is 5.36. The summed E-state index contributed by atoms with van der Waals surface area (Å²) in [5.41, 5.74) is 14.7. The predicted octanol–water partition coefficient (Wildman–Crippen LogP) is 5.36. The number of hydrogen-bond donors (Lipinski definition) is 0. The van der Waals surface area contributed by atoms with E-state index in [1.165, 1.54) is 0 Å². The zero-order chi connectivity index (χ0) is 35.3. The first-order valence-corrected chi connectivity index (χ1v) is 17.3. The molecule has 8 nitrogen and oxygen atoms in total.